The number of nitrogens with zero attached hydrogens (tertiary/aromatic N) is 3. The number of aromatic nitrogens is 2. The fourth-order valence-corrected chi connectivity index (χ4v) is 3.71. The minimum Gasteiger partial charge on any atom is -0.361 e. The van der Waals surface area contributed by atoms with Crippen molar-refractivity contribution in [2.24, 2.45) is 5.92 Å². The molecule has 122 valence electrons. The zero-order chi connectivity index (χ0) is 16.2. The lowest BCUT2D eigenvalue weighted by atomic mass is 10.00. The van der Waals surface area contributed by atoms with Gasteiger partial charge in [-0.05, 0) is 37.8 Å². The second kappa shape index (κ2) is 7.17. The molecule has 1 aliphatic heterocycles. The van der Waals surface area contributed by atoms with Crippen LogP contribution in [0.3, 0.4) is 0 Å². The van der Waals surface area contributed by atoms with Gasteiger partial charge in [0.15, 0.2) is 0 Å². The van der Waals surface area contributed by atoms with Gasteiger partial charge in [0.25, 0.3) is 5.91 Å². The summed E-state index contributed by atoms with van der Waals surface area (Å²) in [5.41, 5.74) is 1.55. The maximum Gasteiger partial charge on any atom is 0.256 e. The molecule has 1 unspecified atom stereocenters. The van der Waals surface area contributed by atoms with E-state index in [1.807, 2.05) is 30.0 Å². The molecule has 3 rings (SSSR count). The van der Waals surface area contributed by atoms with Gasteiger partial charge in [0.2, 0.25) is 0 Å². The SMILES string of the molecule is Cc1cc(CSc2ncccc2C(=O)N2CCCC(C)C2)no1. The van der Waals surface area contributed by atoms with Gasteiger partial charge in [-0.15, -0.1) is 0 Å². The number of aryl methyl sites for hydroxylation is 1. The molecule has 0 bridgehead atoms. The number of hydrogen-bond donors (Lipinski definition) is 0. The lowest BCUT2D eigenvalue weighted by Crippen LogP contribution is -2.39. The molecule has 23 heavy (non-hydrogen) atoms. The van der Waals surface area contributed by atoms with Gasteiger partial charge < -0.3 is 9.42 Å². The van der Waals surface area contributed by atoms with Gasteiger partial charge >= 0.3 is 0 Å². The predicted octanol–water partition coefficient (Wildman–Crippen LogP) is 3.54. The Morgan fingerprint density at radius 3 is 3.13 bits per heavy atom. The summed E-state index contributed by atoms with van der Waals surface area (Å²) in [5.74, 6) is 2.09. The van der Waals surface area contributed by atoms with Crippen molar-refractivity contribution in [3.05, 3.63) is 41.4 Å². The van der Waals surface area contributed by atoms with Gasteiger partial charge in [-0.25, -0.2) is 4.98 Å². The fourth-order valence-electron chi connectivity index (χ4n) is 2.84. The Bertz CT molecular complexity index is 686. The quantitative estimate of drug-likeness (QED) is 0.802. The Balaban J connectivity index is 1.73. The number of thioether (sulfide) groups is 1. The van der Waals surface area contributed by atoms with Crippen molar-refractivity contribution >= 4 is 17.7 Å². The highest BCUT2D eigenvalue weighted by atomic mass is 32.2. The largest absolute Gasteiger partial charge is 0.361 e. The van der Waals surface area contributed by atoms with Crippen LogP contribution in [0.2, 0.25) is 0 Å². The van der Waals surface area contributed by atoms with Crippen LogP contribution in [0.15, 0.2) is 33.9 Å². The third kappa shape index (κ3) is 3.93. The van der Waals surface area contributed by atoms with E-state index >= 15 is 0 Å². The molecule has 5 nitrogen and oxygen atoms in total. The Labute approximate surface area is 140 Å². The summed E-state index contributed by atoms with van der Waals surface area (Å²) >= 11 is 1.53. The van der Waals surface area contributed by atoms with E-state index in [1.165, 1.54) is 18.2 Å². The molecule has 1 saturated heterocycles. The summed E-state index contributed by atoms with van der Waals surface area (Å²) in [6.45, 7) is 5.74. The van der Waals surface area contributed by atoms with Crippen LogP contribution in [0.1, 0.15) is 41.6 Å². The lowest BCUT2D eigenvalue weighted by Gasteiger charge is -2.31. The van der Waals surface area contributed by atoms with Crippen LogP contribution in [0.25, 0.3) is 0 Å². The average molecular weight is 331 g/mol. The molecular weight excluding hydrogens is 310 g/mol. The van der Waals surface area contributed by atoms with Gasteiger partial charge in [0.05, 0.1) is 11.3 Å². The Kier molecular flexibility index (Phi) is 5.00. The van der Waals surface area contributed by atoms with E-state index in [0.717, 1.165) is 36.0 Å². The first-order chi connectivity index (χ1) is 11.1. The van der Waals surface area contributed by atoms with E-state index in [2.05, 4.69) is 17.1 Å². The summed E-state index contributed by atoms with van der Waals surface area (Å²) in [5, 5.41) is 4.75. The smallest absolute Gasteiger partial charge is 0.256 e. The number of hydrogen-bond acceptors (Lipinski definition) is 5. The maximum absolute atomic E-state index is 12.8. The number of rotatable bonds is 4. The highest BCUT2D eigenvalue weighted by Crippen LogP contribution is 2.26. The van der Waals surface area contributed by atoms with E-state index in [1.54, 1.807) is 6.20 Å². The fraction of sp³-hybridized carbons (Fsp3) is 0.471. The lowest BCUT2D eigenvalue weighted by molar-refractivity contribution is 0.0678. The molecule has 3 heterocycles. The number of pyridine rings is 1. The normalized spacial score (nSPS) is 18.2. The van der Waals surface area contributed by atoms with Crippen molar-refractivity contribution in [2.75, 3.05) is 13.1 Å². The van der Waals surface area contributed by atoms with Crippen LogP contribution < -0.4 is 0 Å². The standard InChI is InChI=1S/C17H21N3O2S/c1-12-5-4-8-20(10-12)17(21)15-6-3-7-18-16(15)23-11-14-9-13(2)22-19-14/h3,6-7,9,12H,4-5,8,10-11H2,1-2H3. The van der Waals surface area contributed by atoms with E-state index < -0.39 is 0 Å². The van der Waals surface area contributed by atoms with Gasteiger partial charge in [0.1, 0.15) is 10.8 Å². The first kappa shape index (κ1) is 16.1. The number of carbonyl (C=O) groups excluding carboxylic acids is 1. The third-order valence-corrected chi connectivity index (χ3v) is 5.02. The highest BCUT2D eigenvalue weighted by Gasteiger charge is 2.24. The van der Waals surface area contributed by atoms with Gasteiger partial charge in [-0.1, -0.05) is 23.8 Å². The summed E-state index contributed by atoms with van der Waals surface area (Å²) in [6.07, 6.45) is 4.00. The molecule has 0 saturated carbocycles. The molecular formula is C17H21N3O2S. The van der Waals surface area contributed by atoms with Gasteiger partial charge in [-0.2, -0.15) is 0 Å². The number of likely N-dealkylation sites (tertiary alicyclic amines) is 1. The molecule has 0 aliphatic carbocycles. The molecule has 1 aliphatic rings. The predicted molar refractivity (Wildman–Crippen MR) is 89.3 cm³/mol. The van der Waals surface area contributed by atoms with Gasteiger partial charge in [-0.3, -0.25) is 4.79 Å². The summed E-state index contributed by atoms with van der Waals surface area (Å²) in [6, 6.07) is 5.60. The Morgan fingerprint density at radius 1 is 1.52 bits per heavy atom. The second-order valence-electron chi connectivity index (χ2n) is 6.07. The van der Waals surface area contributed by atoms with Crippen molar-refractivity contribution in [2.45, 2.75) is 37.5 Å². The van der Waals surface area contributed by atoms with E-state index in [0.29, 0.717) is 17.2 Å². The van der Waals surface area contributed by atoms with Crippen LogP contribution in [0.4, 0.5) is 0 Å². The number of piperidine rings is 1. The molecule has 6 heteroatoms. The van der Waals surface area contributed by atoms with Crippen molar-refractivity contribution in [3.8, 4) is 0 Å². The zero-order valence-corrected chi connectivity index (χ0v) is 14.3. The summed E-state index contributed by atoms with van der Waals surface area (Å²) < 4.78 is 5.08. The summed E-state index contributed by atoms with van der Waals surface area (Å²) in [7, 11) is 0. The first-order valence-corrected chi connectivity index (χ1v) is 8.91. The topological polar surface area (TPSA) is 59.2 Å². The minimum absolute atomic E-state index is 0.0866. The monoisotopic (exact) mass is 331 g/mol. The second-order valence-corrected chi connectivity index (χ2v) is 7.04. The molecule has 1 atom stereocenters. The van der Waals surface area contributed by atoms with E-state index in [9.17, 15) is 4.79 Å². The molecule has 0 radical (unpaired) electrons. The zero-order valence-electron chi connectivity index (χ0n) is 13.5. The van der Waals surface area contributed by atoms with Crippen LogP contribution in [-0.2, 0) is 5.75 Å². The van der Waals surface area contributed by atoms with Crippen LogP contribution in [-0.4, -0.2) is 34.0 Å². The molecule has 2 aromatic rings. The van der Waals surface area contributed by atoms with Crippen LogP contribution in [0.5, 0.6) is 0 Å². The molecule has 2 aromatic heterocycles. The third-order valence-electron chi connectivity index (χ3n) is 3.98. The Hall–Kier alpha value is -1.82. The first-order valence-electron chi connectivity index (χ1n) is 7.93. The van der Waals surface area contributed by atoms with Crippen LogP contribution >= 0.6 is 11.8 Å². The van der Waals surface area contributed by atoms with E-state index in [-0.39, 0.29) is 5.91 Å². The molecule has 0 spiro atoms. The molecule has 1 amide bonds. The number of amides is 1. The molecule has 0 N–H and O–H groups in total. The average Bonchev–Trinajstić information content (AvgIpc) is 2.98. The van der Waals surface area contributed by atoms with Crippen molar-refractivity contribution in [1.29, 1.82) is 0 Å². The number of carbonyl (C=O) groups is 1. The van der Waals surface area contributed by atoms with Crippen molar-refractivity contribution in [1.82, 2.24) is 15.0 Å². The highest BCUT2D eigenvalue weighted by molar-refractivity contribution is 7.98. The van der Waals surface area contributed by atoms with Crippen LogP contribution in [0, 0.1) is 12.8 Å². The van der Waals surface area contributed by atoms with Crippen molar-refractivity contribution < 1.29 is 9.32 Å². The minimum atomic E-state index is 0.0866. The van der Waals surface area contributed by atoms with Gasteiger partial charge in [0, 0.05) is 31.1 Å². The molecule has 0 aromatic carbocycles. The summed E-state index contributed by atoms with van der Waals surface area (Å²) in [4.78, 5) is 19.2. The molecule has 1 fully saturated rings. The van der Waals surface area contributed by atoms with Crippen molar-refractivity contribution in [3.63, 3.8) is 0 Å². The Morgan fingerprint density at radius 2 is 2.39 bits per heavy atom. The maximum atomic E-state index is 12.8. The van der Waals surface area contributed by atoms with E-state index in [4.69, 9.17) is 4.52 Å².